The maximum atomic E-state index is 14.3. The molecule has 10 heteroatoms. The zero-order chi connectivity index (χ0) is 23.5. The zero-order valence-electron chi connectivity index (χ0n) is 19.0. The van der Waals surface area contributed by atoms with E-state index in [-0.39, 0.29) is 46.7 Å². The van der Waals surface area contributed by atoms with Crippen LogP contribution in [0.4, 0.5) is 9.18 Å². The van der Waals surface area contributed by atoms with E-state index in [0.717, 1.165) is 0 Å². The van der Waals surface area contributed by atoms with E-state index in [1.54, 1.807) is 17.0 Å². The first-order chi connectivity index (χ1) is 15.6. The van der Waals surface area contributed by atoms with Crippen molar-refractivity contribution in [1.29, 1.82) is 0 Å². The minimum absolute atomic E-state index is 0.0954. The van der Waals surface area contributed by atoms with Gasteiger partial charge in [-0.15, -0.1) is 0 Å². The number of benzene rings is 1. The standard InChI is InChI=1S/C23H27BrFN3O5/c1-12(20-26-19(27-33-20)14-6-5-13(24)7-17(14)25)31-18-15-8-28(21(29)32-22(2,3)4)10-23(15)11-30-9-16(18)23/h5-7,12,15-16,18H,8-11H2,1-4H3/t12-,15?,16?,18+,23?/m1/s1. The molecule has 178 valence electrons. The second kappa shape index (κ2) is 8.02. The van der Waals surface area contributed by atoms with Crippen molar-refractivity contribution in [1.82, 2.24) is 15.0 Å². The Morgan fingerprint density at radius 1 is 1.36 bits per heavy atom. The molecule has 3 unspecified atom stereocenters. The Morgan fingerprint density at radius 2 is 2.15 bits per heavy atom. The number of nitrogens with zero attached hydrogens (tertiary/aromatic N) is 3. The fraction of sp³-hybridized carbons (Fsp3) is 0.609. The van der Waals surface area contributed by atoms with Gasteiger partial charge in [-0.25, -0.2) is 9.18 Å². The van der Waals surface area contributed by atoms with E-state index >= 15 is 0 Å². The van der Waals surface area contributed by atoms with Crippen LogP contribution in [0.25, 0.3) is 11.4 Å². The van der Waals surface area contributed by atoms with Gasteiger partial charge in [0, 0.05) is 34.8 Å². The number of carbonyl (C=O) groups is 1. The topological polar surface area (TPSA) is 86.9 Å². The van der Waals surface area contributed by atoms with E-state index in [2.05, 4.69) is 26.1 Å². The van der Waals surface area contributed by atoms with Gasteiger partial charge < -0.3 is 23.6 Å². The molecule has 1 aromatic heterocycles. The van der Waals surface area contributed by atoms with Crippen LogP contribution >= 0.6 is 15.9 Å². The lowest BCUT2D eigenvalue weighted by atomic mass is 9.54. The van der Waals surface area contributed by atoms with E-state index in [1.165, 1.54) is 6.07 Å². The Hall–Kier alpha value is -2.04. The molecule has 1 spiro atoms. The van der Waals surface area contributed by atoms with E-state index < -0.39 is 17.5 Å². The Labute approximate surface area is 199 Å². The molecular formula is C23H27BrFN3O5. The van der Waals surface area contributed by atoms with Gasteiger partial charge in [0.15, 0.2) is 0 Å². The van der Waals surface area contributed by atoms with Crippen LogP contribution < -0.4 is 0 Å². The molecule has 1 saturated carbocycles. The lowest BCUT2D eigenvalue weighted by Crippen LogP contribution is -2.60. The molecule has 1 aromatic carbocycles. The molecule has 8 nitrogen and oxygen atoms in total. The van der Waals surface area contributed by atoms with E-state index in [4.69, 9.17) is 18.7 Å². The van der Waals surface area contributed by atoms with Crippen LogP contribution in [0.5, 0.6) is 0 Å². The zero-order valence-corrected chi connectivity index (χ0v) is 20.6. The number of hydrogen-bond acceptors (Lipinski definition) is 7. The van der Waals surface area contributed by atoms with Crippen molar-refractivity contribution in [2.24, 2.45) is 17.3 Å². The minimum atomic E-state index is -0.545. The predicted molar refractivity (Wildman–Crippen MR) is 119 cm³/mol. The highest BCUT2D eigenvalue weighted by Gasteiger charge is 2.70. The Kier molecular flexibility index (Phi) is 5.53. The molecule has 3 heterocycles. The summed E-state index contributed by atoms with van der Waals surface area (Å²) < 4.78 is 38.1. The summed E-state index contributed by atoms with van der Waals surface area (Å²) in [4.78, 5) is 18.8. The third-order valence-electron chi connectivity index (χ3n) is 6.82. The van der Waals surface area contributed by atoms with E-state index in [9.17, 15) is 9.18 Å². The summed E-state index contributed by atoms with van der Waals surface area (Å²) in [7, 11) is 0. The normalized spacial score (nSPS) is 29.4. The Bertz CT molecular complexity index is 1070. The summed E-state index contributed by atoms with van der Waals surface area (Å²) in [5.74, 6) is 0.348. The second-order valence-electron chi connectivity index (χ2n) is 10.1. The summed E-state index contributed by atoms with van der Waals surface area (Å²) in [6.45, 7) is 9.81. The van der Waals surface area contributed by atoms with Crippen LogP contribution in [0.3, 0.4) is 0 Å². The number of aromatic nitrogens is 2. The van der Waals surface area contributed by atoms with Gasteiger partial charge in [-0.2, -0.15) is 4.98 Å². The molecule has 0 radical (unpaired) electrons. The van der Waals surface area contributed by atoms with Crippen LogP contribution in [-0.4, -0.2) is 59.1 Å². The average Bonchev–Trinajstić information content (AvgIpc) is 3.42. The molecule has 5 atom stereocenters. The average molecular weight is 524 g/mol. The first-order valence-corrected chi connectivity index (χ1v) is 11.9. The van der Waals surface area contributed by atoms with Crippen LogP contribution in [0.2, 0.25) is 0 Å². The first-order valence-electron chi connectivity index (χ1n) is 11.1. The van der Waals surface area contributed by atoms with Crippen LogP contribution in [0.15, 0.2) is 27.2 Å². The highest BCUT2D eigenvalue weighted by Crippen LogP contribution is 2.61. The maximum absolute atomic E-state index is 14.3. The van der Waals surface area contributed by atoms with Gasteiger partial charge in [0.25, 0.3) is 5.89 Å². The number of rotatable bonds is 4. The molecule has 2 aromatic rings. The molecule has 33 heavy (non-hydrogen) atoms. The summed E-state index contributed by atoms with van der Waals surface area (Å²) in [5.41, 5.74) is -0.380. The molecule has 2 aliphatic heterocycles. The largest absolute Gasteiger partial charge is 0.444 e. The van der Waals surface area contributed by atoms with Crippen molar-refractivity contribution in [3.8, 4) is 11.4 Å². The van der Waals surface area contributed by atoms with E-state index in [1.807, 2.05) is 27.7 Å². The highest BCUT2D eigenvalue weighted by molar-refractivity contribution is 9.10. The van der Waals surface area contributed by atoms with Crippen molar-refractivity contribution < 1.29 is 27.9 Å². The summed E-state index contributed by atoms with van der Waals surface area (Å²) in [6.07, 6.45) is -0.888. The summed E-state index contributed by atoms with van der Waals surface area (Å²) >= 11 is 3.24. The third kappa shape index (κ3) is 3.95. The molecular weight excluding hydrogens is 497 g/mol. The second-order valence-corrected chi connectivity index (χ2v) is 11.1. The van der Waals surface area contributed by atoms with Crippen molar-refractivity contribution in [2.45, 2.75) is 45.5 Å². The number of halogens is 2. The third-order valence-corrected chi connectivity index (χ3v) is 7.31. The molecule has 0 bridgehead atoms. The molecule has 3 fully saturated rings. The van der Waals surface area contributed by atoms with Crippen LogP contribution in [0.1, 0.15) is 39.7 Å². The predicted octanol–water partition coefficient (Wildman–Crippen LogP) is 4.60. The SMILES string of the molecule is C[C@@H](O[C@@H]1C2COCC23CN(C(=O)OC(C)(C)C)CC13)c1nc(-c2ccc(Br)cc2F)no1. The molecule has 0 N–H and O–H groups in total. The first kappa shape index (κ1) is 22.7. The van der Waals surface area contributed by atoms with Crippen LogP contribution in [-0.2, 0) is 14.2 Å². The number of likely N-dealkylation sites (tertiary alicyclic amines) is 1. The van der Waals surface area contributed by atoms with Gasteiger partial charge >= 0.3 is 6.09 Å². The lowest BCUT2D eigenvalue weighted by molar-refractivity contribution is -0.179. The molecule has 3 aliphatic rings. The van der Waals surface area contributed by atoms with Gasteiger partial charge in [0.05, 0.1) is 24.9 Å². The summed E-state index contributed by atoms with van der Waals surface area (Å²) in [6, 6.07) is 4.67. The molecule has 1 aliphatic carbocycles. The summed E-state index contributed by atoms with van der Waals surface area (Å²) in [5, 5.41) is 3.93. The van der Waals surface area contributed by atoms with Crippen LogP contribution in [0, 0.1) is 23.1 Å². The van der Waals surface area contributed by atoms with E-state index in [0.29, 0.717) is 30.8 Å². The quantitative estimate of drug-likeness (QED) is 0.578. The lowest BCUT2D eigenvalue weighted by Gasteiger charge is -2.52. The number of carbonyl (C=O) groups excluding carboxylic acids is 1. The van der Waals surface area contributed by atoms with Gasteiger partial charge in [-0.1, -0.05) is 21.1 Å². The minimum Gasteiger partial charge on any atom is -0.444 e. The van der Waals surface area contributed by atoms with Gasteiger partial charge in [-0.05, 0) is 45.9 Å². The molecule has 5 rings (SSSR count). The maximum Gasteiger partial charge on any atom is 0.410 e. The number of hydrogen-bond donors (Lipinski definition) is 0. The highest BCUT2D eigenvalue weighted by atomic mass is 79.9. The number of ether oxygens (including phenoxy) is 3. The monoisotopic (exact) mass is 523 g/mol. The number of amides is 1. The Balaban J connectivity index is 1.28. The van der Waals surface area contributed by atoms with Crippen molar-refractivity contribution in [2.75, 3.05) is 26.3 Å². The van der Waals surface area contributed by atoms with Crippen molar-refractivity contribution in [3.05, 3.63) is 34.4 Å². The van der Waals surface area contributed by atoms with Crippen molar-refractivity contribution in [3.63, 3.8) is 0 Å². The van der Waals surface area contributed by atoms with Gasteiger partial charge in [0.1, 0.15) is 17.5 Å². The Morgan fingerprint density at radius 3 is 2.88 bits per heavy atom. The molecule has 2 saturated heterocycles. The fourth-order valence-corrected chi connectivity index (χ4v) is 5.63. The van der Waals surface area contributed by atoms with Crippen molar-refractivity contribution >= 4 is 22.0 Å². The van der Waals surface area contributed by atoms with Gasteiger partial charge in [-0.3, -0.25) is 0 Å². The fourth-order valence-electron chi connectivity index (χ4n) is 5.29. The van der Waals surface area contributed by atoms with Gasteiger partial charge in [0.2, 0.25) is 5.82 Å². The molecule has 1 amide bonds. The smallest absolute Gasteiger partial charge is 0.410 e.